The van der Waals surface area contributed by atoms with E-state index in [0.29, 0.717) is 5.56 Å². The van der Waals surface area contributed by atoms with Gasteiger partial charge >= 0.3 is 0 Å². The van der Waals surface area contributed by atoms with Gasteiger partial charge in [-0.15, -0.1) is 0 Å². The van der Waals surface area contributed by atoms with Gasteiger partial charge in [-0.1, -0.05) is 18.2 Å². The molecular weight excluding hydrogens is 246 g/mol. The number of rotatable bonds is 4. The lowest BCUT2D eigenvalue weighted by Crippen LogP contribution is -2.25. The minimum atomic E-state index is -1.24. The van der Waals surface area contributed by atoms with Crippen LogP contribution in [0.5, 0.6) is 5.75 Å². The number of amides is 1. The fourth-order valence-corrected chi connectivity index (χ4v) is 1.98. The Labute approximate surface area is 109 Å². The van der Waals surface area contributed by atoms with Crippen molar-refractivity contribution in [1.29, 1.82) is 0 Å². The molecule has 0 bridgehead atoms. The van der Waals surface area contributed by atoms with E-state index in [0.717, 1.165) is 10.8 Å². The van der Waals surface area contributed by atoms with Crippen LogP contribution in [-0.2, 0) is 4.79 Å². The first-order valence-electron chi connectivity index (χ1n) is 5.84. The monoisotopic (exact) mass is 261 g/mol. The van der Waals surface area contributed by atoms with Crippen LogP contribution < -0.4 is 5.73 Å². The van der Waals surface area contributed by atoms with Gasteiger partial charge < -0.3 is 21.1 Å². The zero-order valence-corrected chi connectivity index (χ0v) is 10.2. The smallest absolute Gasteiger partial charge is 0.220 e. The number of phenols is 1. The summed E-state index contributed by atoms with van der Waals surface area (Å²) in [7, 11) is 0. The first-order valence-corrected chi connectivity index (χ1v) is 5.84. The molecule has 0 saturated carbocycles. The van der Waals surface area contributed by atoms with Gasteiger partial charge in [0.1, 0.15) is 11.9 Å². The maximum absolute atomic E-state index is 10.7. The normalized spacial score (nSPS) is 14.2. The molecule has 100 valence electrons. The van der Waals surface area contributed by atoms with E-state index in [9.17, 15) is 20.1 Å². The fourth-order valence-electron chi connectivity index (χ4n) is 1.98. The highest BCUT2D eigenvalue weighted by Gasteiger charge is 2.20. The fraction of sp³-hybridized carbons (Fsp3) is 0.214. The second-order valence-electron chi connectivity index (χ2n) is 4.47. The van der Waals surface area contributed by atoms with E-state index in [1.165, 1.54) is 0 Å². The van der Waals surface area contributed by atoms with Crippen LogP contribution in [0.4, 0.5) is 0 Å². The maximum atomic E-state index is 10.7. The number of benzene rings is 2. The lowest BCUT2D eigenvalue weighted by atomic mass is 9.98. The number of aliphatic hydroxyl groups is 2. The standard InChI is InChI=1S/C14H15NO4/c15-13(18)7-12(17)14(19)9-2-1-8-3-4-11(16)6-10(8)5-9/h1-6,12,14,16-17,19H,7H2,(H2,15,18). The molecule has 0 heterocycles. The van der Waals surface area contributed by atoms with Gasteiger partial charge in [-0.25, -0.2) is 0 Å². The predicted octanol–water partition coefficient (Wildman–Crippen LogP) is 0.815. The molecule has 0 spiro atoms. The average molecular weight is 261 g/mol. The van der Waals surface area contributed by atoms with E-state index >= 15 is 0 Å². The topological polar surface area (TPSA) is 104 Å². The Morgan fingerprint density at radius 3 is 2.47 bits per heavy atom. The molecule has 19 heavy (non-hydrogen) atoms. The van der Waals surface area contributed by atoms with Crippen LogP contribution in [0.3, 0.4) is 0 Å². The largest absolute Gasteiger partial charge is 0.508 e. The molecule has 0 aliphatic rings. The first-order chi connectivity index (χ1) is 8.97. The van der Waals surface area contributed by atoms with Gasteiger partial charge in [0.25, 0.3) is 0 Å². The Morgan fingerprint density at radius 1 is 1.11 bits per heavy atom. The molecule has 2 rings (SSSR count). The number of hydrogen-bond acceptors (Lipinski definition) is 4. The Bertz CT molecular complexity index is 611. The van der Waals surface area contributed by atoms with Crippen molar-refractivity contribution in [2.45, 2.75) is 18.6 Å². The SMILES string of the molecule is NC(=O)CC(O)C(O)c1ccc2ccc(O)cc2c1. The number of nitrogens with two attached hydrogens (primary N) is 1. The van der Waals surface area contributed by atoms with Crippen molar-refractivity contribution >= 4 is 16.7 Å². The van der Waals surface area contributed by atoms with E-state index in [-0.39, 0.29) is 12.2 Å². The zero-order valence-electron chi connectivity index (χ0n) is 10.2. The molecule has 2 aromatic rings. The third kappa shape index (κ3) is 3.01. The van der Waals surface area contributed by atoms with E-state index < -0.39 is 18.1 Å². The van der Waals surface area contributed by atoms with Gasteiger partial charge in [-0.3, -0.25) is 4.79 Å². The van der Waals surface area contributed by atoms with Gasteiger partial charge in [0.15, 0.2) is 0 Å². The highest BCUT2D eigenvalue weighted by molar-refractivity contribution is 5.84. The molecule has 0 aromatic heterocycles. The first kappa shape index (κ1) is 13.3. The van der Waals surface area contributed by atoms with Gasteiger partial charge in [-0.2, -0.15) is 0 Å². The highest BCUT2D eigenvalue weighted by atomic mass is 16.3. The quantitative estimate of drug-likeness (QED) is 0.654. The van der Waals surface area contributed by atoms with Crippen molar-refractivity contribution in [3.63, 3.8) is 0 Å². The number of carbonyl (C=O) groups is 1. The Balaban J connectivity index is 2.31. The number of hydrogen-bond donors (Lipinski definition) is 4. The number of primary amides is 1. The maximum Gasteiger partial charge on any atom is 0.220 e. The molecular formula is C14H15NO4. The Kier molecular flexibility index (Phi) is 3.69. The van der Waals surface area contributed by atoms with Crippen molar-refractivity contribution in [2.24, 2.45) is 5.73 Å². The number of carbonyl (C=O) groups excluding carboxylic acids is 1. The summed E-state index contributed by atoms with van der Waals surface area (Å²) >= 11 is 0. The molecule has 5 N–H and O–H groups in total. The van der Waals surface area contributed by atoms with Crippen molar-refractivity contribution in [3.8, 4) is 5.75 Å². The molecule has 0 aliphatic carbocycles. The second-order valence-corrected chi connectivity index (χ2v) is 4.47. The molecule has 5 heteroatoms. The second kappa shape index (κ2) is 5.26. The van der Waals surface area contributed by atoms with Gasteiger partial charge in [0, 0.05) is 0 Å². The molecule has 0 radical (unpaired) electrons. The summed E-state index contributed by atoms with van der Waals surface area (Å²) in [5.41, 5.74) is 5.44. The molecule has 2 aromatic carbocycles. The average Bonchev–Trinajstić information content (AvgIpc) is 2.36. The summed E-state index contributed by atoms with van der Waals surface area (Å²) in [6.07, 6.45) is -2.74. The predicted molar refractivity (Wildman–Crippen MR) is 70.4 cm³/mol. The minimum absolute atomic E-state index is 0.122. The molecule has 0 saturated heterocycles. The summed E-state index contributed by atoms with van der Waals surface area (Å²) in [4.78, 5) is 10.7. The number of aliphatic hydroxyl groups excluding tert-OH is 2. The number of aromatic hydroxyl groups is 1. The van der Waals surface area contributed by atoms with E-state index in [1.54, 1.807) is 36.4 Å². The third-order valence-electron chi connectivity index (χ3n) is 2.96. The van der Waals surface area contributed by atoms with Crippen molar-refractivity contribution in [2.75, 3.05) is 0 Å². The van der Waals surface area contributed by atoms with Crippen LogP contribution in [0.2, 0.25) is 0 Å². The van der Waals surface area contributed by atoms with Crippen LogP contribution >= 0.6 is 0 Å². The number of phenolic OH excluding ortho intramolecular Hbond substituents is 1. The molecule has 0 aliphatic heterocycles. The lowest BCUT2D eigenvalue weighted by Gasteiger charge is -2.17. The van der Waals surface area contributed by atoms with E-state index in [2.05, 4.69) is 0 Å². The molecule has 5 nitrogen and oxygen atoms in total. The number of fused-ring (bicyclic) bond motifs is 1. The summed E-state index contributed by atoms with van der Waals surface area (Å²) in [6.45, 7) is 0. The Hall–Kier alpha value is -2.11. The summed E-state index contributed by atoms with van der Waals surface area (Å²) in [6, 6.07) is 9.97. The summed E-state index contributed by atoms with van der Waals surface area (Å²) < 4.78 is 0. The summed E-state index contributed by atoms with van der Waals surface area (Å²) in [5.74, 6) is -0.554. The molecule has 2 atom stereocenters. The zero-order chi connectivity index (χ0) is 14.0. The minimum Gasteiger partial charge on any atom is -0.508 e. The van der Waals surface area contributed by atoms with E-state index in [4.69, 9.17) is 5.73 Å². The third-order valence-corrected chi connectivity index (χ3v) is 2.96. The molecule has 1 amide bonds. The van der Waals surface area contributed by atoms with Crippen molar-refractivity contribution in [1.82, 2.24) is 0 Å². The van der Waals surface area contributed by atoms with Gasteiger partial charge in [0.2, 0.25) is 5.91 Å². The molecule has 0 fully saturated rings. The van der Waals surface area contributed by atoms with Crippen LogP contribution in [0.1, 0.15) is 18.1 Å². The summed E-state index contributed by atoms with van der Waals surface area (Å²) in [5, 5.41) is 30.7. The lowest BCUT2D eigenvalue weighted by molar-refractivity contribution is -0.121. The highest BCUT2D eigenvalue weighted by Crippen LogP contribution is 2.26. The van der Waals surface area contributed by atoms with Crippen molar-refractivity contribution in [3.05, 3.63) is 42.0 Å². The molecule has 2 unspecified atom stereocenters. The van der Waals surface area contributed by atoms with Crippen LogP contribution in [0, 0.1) is 0 Å². The van der Waals surface area contributed by atoms with Crippen LogP contribution in [-0.4, -0.2) is 27.3 Å². The van der Waals surface area contributed by atoms with E-state index in [1.807, 2.05) is 0 Å². The Morgan fingerprint density at radius 2 is 1.79 bits per heavy atom. The van der Waals surface area contributed by atoms with Crippen molar-refractivity contribution < 1.29 is 20.1 Å². The van der Waals surface area contributed by atoms with Crippen LogP contribution in [0.15, 0.2) is 36.4 Å². The van der Waals surface area contributed by atoms with Gasteiger partial charge in [0.05, 0.1) is 12.5 Å². The van der Waals surface area contributed by atoms with Gasteiger partial charge in [-0.05, 0) is 34.5 Å². The van der Waals surface area contributed by atoms with Crippen LogP contribution in [0.25, 0.3) is 10.8 Å².